The molecule has 2 aromatic carbocycles. The number of hydrogen-bond donors (Lipinski definition) is 2. The molecule has 1 aliphatic carbocycles. The van der Waals surface area contributed by atoms with Crippen molar-refractivity contribution in [3.8, 4) is 11.5 Å². The molecular formula is C30H43N5O2. The number of rotatable bonds is 12. The minimum Gasteiger partial charge on any atom is -0.493 e. The second kappa shape index (κ2) is 13.0. The molecule has 4 rings (SSSR count). The lowest BCUT2D eigenvalue weighted by molar-refractivity contribution is 0.311. The van der Waals surface area contributed by atoms with Gasteiger partial charge < -0.3 is 25.0 Å². The monoisotopic (exact) mass is 505 g/mol. The van der Waals surface area contributed by atoms with Crippen molar-refractivity contribution >= 4 is 22.7 Å². The SMILES string of the molecule is CCOc1ccc(CNCCC2CCC(Nc3nc(N(C)C)c4ccccc4n3)CC2)c(OCC)c1C. The summed E-state index contributed by atoms with van der Waals surface area (Å²) in [7, 11) is 4.07. The van der Waals surface area contributed by atoms with Crippen LogP contribution in [-0.2, 0) is 6.54 Å². The van der Waals surface area contributed by atoms with Crippen molar-refractivity contribution in [1.82, 2.24) is 15.3 Å². The normalized spacial score (nSPS) is 17.5. The predicted molar refractivity (Wildman–Crippen MR) is 153 cm³/mol. The van der Waals surface area contributed by atoms with E-state index in [1.807, 2.05) is 40.1 Å². The van der Waals surface area contributed by atoms with Crippen LogP contribution < -0.4 is 25.0 Å². The van der Waals surface area contributed by atoms with Gasteiger partial charge in [-0.2, -0.15) is 4.98 Å². The third kappa shape index (κ3) is 6.83. The van der Waals surface area contributed by atoms with Crippen LogP contribution in [0.3, 0.4) is 0 Å². The molecule has 0 saturated heterocycles. The van der Waals surface area contributed by atoms with Crippen LogP contribution in [0, 0.1) is 12.8 Å². The standard InChI is InChI=1S/C30H43N5O2/c1-6-36-27-17-14-23(28(21(27)3)37-7-2)20-31-19-18-22-12-15-24(16-13-22)32-30-33-26-11-9-8-10-25(26)29(34-30)35(4)5/h8-11,14,17,22,24,31H,6-7,12-13,15-16,18-20H2,1-5H3,(H,32,33,34). The maximum absolute atomic E-state index is 5.97. The van der Waals surface area contributed by atoms with Crippen LogP contribution in [0.1, 0.15) is 57.1 Å². The molecule has 1 aromatic heterocycles. The van der Waals surface area contributed by atoms with Gasteiger partial charge in [-0.3, -0.25) is 0 Å². The summed E-state index contributed by atoms with van der Waals surface area (Å²) in [5.41, 5.74) is 3.27. The average molecular weight is 506 g/mol. The number of ether oxygens (including phenoxy) is 2. The molecule has 7 heteroatoms. The van der Waals surface area contributed by atoms with Gasteiger partial charge in [0.15, 0.2) is 0 Å². The Bertz CT molecular complexity index is 1160. The van der Waals surface area contributed by atoms with Crippen LogP contribution in [0.15, 0.2) is 36.4 Å². The van der Waals surface area contributed by atoms with Gasteiger partial charge in [0.2, 0.25) is 5.95 Å². The summed E-state index contributed by atoms with van der Waals surface area (Å²) in [5.74, 6) is 4.33. The van der Waals surface area contributed by atoms with Crippen LogP contribution in [-0.4, -0.2) is 49.9 Å². The first kappa shape index (κ1) is 27.0. The smallest absolute Gasteiger partial charge is 0.225 e. The minimum atomic E-state index is 0.431. The first-order valence-corrected chi connectivity index (χ1v) is 13.8. The lowest BCUT2D eigenvalue weighted by Crippen LogP contribution is -2.28. The molecule has 0 atom stereocenters. The Morgan fingerprint density at radius 3 is 2.43 bits per heavy atom. The predicted octanol–water partition coefficient (Wildman–Crippen LogP) is 5.95. The van der Waals surface area contributed by atoms with Crippen molar-refractivity contribution < 1.29 is 9.47 Å². The molecule has 1 heterocycles. The topological polar surface area (TPSA) is 71.5 Å². The molecule has 0 radical (unpaired) electrons. The van der Waals surface area contributed by atoms with Gasteiger partial charge in [-0.15, -0.1) is 0 Å². The van der Waals surface area contributed by atoms with E-state index in [-0.39, 0.29) is 0 Å². The van der Waals surface area contributed by atoms with Gasteiger partial charge in [-0.25, -0.2) is 4.98 Å². The summed E-state index contributed by atoms with van der Waals surface area (Å²) in [5, 5.41) is 8.36. The highest BCUT2D eigenvalue weighted by molar-refractivity contribution is 5.90. The first-order chi connectivity index (χ1) is 18.0. The Labute approximate surface area is 222 Å². The van der Waals surface area contributed by atoms with E-state index in [4.69, 9.17) is 19.4 Å². The Balaban J connectivity index is 1.25. The largest absolute Gasteiger partial charge is 0.493 e. The number of nitrogens with one attached hydrogen (secondary N) is 2. The Hall–Kier alpha value is -3.06. The van der Waals surface area contributed by atoms with Gasteiger partial charge in [0, 0.05) is 43.2 Å². The molecule has 200 valence electrons. The molecular weight excluding hydrogens is 462 g/mol. The number of aromatic nitrogens is 2. The van der Waals surface area contributed by atoms with Gasteiger partial charge in [0.1, 0.15) is 17.3 Å². The van der Waals surface area contributed by atoms with E-state index in [1.165, 1.54) is 24.8 Å². The zero-order chi connectivity index (χ0) is 26.2. The summed E-state index contributed by atoms with van der Waals surface area (Å²) >= 11 is 0. The molecule has 1 aliphatic rings. The van der Waals surface area contributed by atoms with Crippen LogP contribution in [0.25, 0.3) is 10.9 Å². The Morgan fingerprint density at radius 2 is 1.70 bits per heavy atom. The van der Waals surface area contributed by atoms with Gasteiger partial charge >= 0.3 is 0 Å². The Morgan fingerprint density at radius 1 is 0.946 bits per heavy atom. The maximum Gasteiger partial charge on any atom is 0.225 e. The molecule has 0 amide bonds. The van der Waals surface area contributed by atoms with Crippen LogP contribution in [0.4, 0.5) is 11.8 Å². The lowest BCUT2D eigenvalue weighted by atomic mass is 9.84. The van der Waals surface area contributed by atoms with E-state index in [9.17, 15) is 0 Å². The molecule has 3 aromatic rings. The third-order valence-corrected chi connectivity index (χ3v) is 7.26. The molecule has 0 spiro atoms. The third-order valence-electron chi connectivity index (χ3n) is 7.26. The van der Waals surface area contributed by atoms with Crippen LogP contribution in [0.2, 0.25) is 0 Å². The van der Waals surface area contributed by atoms with Gasteiger partial charge in [0.05, 0.1) is 18.7 Å². The molecule has 0 bridgehead atoms. The van der Waals surface area contributed by atoms with E-state index >= 15 is 0 Å². The molecule has 1 fully saturated rings. The number of benzene rings is 2. The summed E-state index contributed by atoms with van der Waals surface area (Å²) in [6.45, 7) is 9.26. The summed E-state index contributed by atoms with van der Waals surface area (Å²) < 4.78 is 11.7. The highest BCUT2D eigenvalue weighted by Gasteiger charge is 2.22. The number of para-hydroxylation sites is 1. The molecule has 7 nitrogen and oxygen atoms in total. The Kier molecular flexibility index (Phi) is 9.45. The molecule has 37 heavy (non-hydrogen) atoms. The number of anilines is 2. The highest BCUT2D eigenvalue weighted by Crippen LogP contribution is 2.32. The van der Waals surface area contributed by atoms with E-state index in [1.54, 1.807) is 0 Å². The zero-order valence-electron chi connectivity index (χ0n) is 23.1. The number of hydrogen-bond acceptors (Lipinski definition) is 7. The second-order valence-corrected chi connectivity index (χ2v) is 10.2. The fourth-order valence-corrected chi connectivity index (χ4v) is 5.30. The van der Waals surface area contributed by atoms with Crippen molar-refractivity contribution in [3.05, 3.63) is 47.5 Å². The number of nitrogens with zero attached hydrogens (tertiary/aromatic N) is 3. The van der Waals surface area contributed by atoms with Gasteiger partial charge in [-0.05, 0) is 83.5 Å². The summed E-state index contributed by atoms with van der Waals surface area (Å²) in [6, 6.07) is 12.8. The number of fused-ring (bicyclic) bond motifs is 1. The van der Waals surface area contributed by atoms with Crippen molar-refractivity contribution in [2.45, 2.75) is 65.5 Å². The highest BCUT2D eigenvalue weighted by atomic mass is 16.5. The van der Waals surface area contributed by atoms with Crippen molar-refractivity contribution in [2.75, 3.05) is 44.1 Å². The molecule has 2 N–H and O–H groups in total. The lowest BCUT2D eigenvalue weighted by Gasteiger charge is -2.29. The molecule has 0 unspecified atom stereocenters. The fourth-order valence-electron chi connectivity index (χ4n) is 5.30. The minimum absolute atomic E-state index is 0.431. The van der Waals surface area contributed by atoms with E-state index in [2.05, 4.69) is 46.7 Å². The van der Waals surface area contributed by atoms with E-state index in [0.717, 1.165) is 71.6 Å². The van der Waals surface area contributed by atoms with Crippen LogP contribution >= 0.6 is 0 Å². The summed E-state index contributed by atoms with van der Waals surface area (Å²) in [4.78, 5) is 11.7. The second-order valence-electron chi connectivity index (χ2n) is 10.2. The van der Waals surface area contributed by atoms with Crippen molar-refractivity contribution in [1.29, 1.82) is 0 Å². The van der Waals surface area contributed by atoms with Gasteiger partial charge in [-0.1, -0.05) is 18.2 Å². The van der Waals surface area contributed by atoms with E-state index in [0.29, 0.717) is 19.3 Å². The summed E-state index contributed by atoms with van der Waals surface area (Å²) in [6.07, 6.45) is 5.99. The zero-order valence-corrected chi connectivity index (χ0v) is 23.1. The van der Waals surface area contributed by atoms with Crippen molar-refractivity contribution in [2.24, 2.45) is 5.92 Å². The van der Waals surface area contributed by atoms with Crippen LogP contribution in [0.5, 0.6) is 11.5 Å². The molecule has 1 saturated carbocycles. The fraction of sp³-hybridized carbons (Fsp3) is 0.533. The maximum atomic E-state index is 5.97. The van der Waals surface area contributed by atoms with E-state index < -0.39 is 0 Å². The van der Waals surface area contributed by atoms with Gasteiger partial charge in [0.25, 0.3) is 0 Å². The average Bonchev–Trinajstić information content (AvgIpc) is 2.90. The first-order valence-electron chi connectivity index (χ1n) is 13.8. The van der Waals surface area contributed by atoms with Crippen molar-refractivity contribution in [3.63, 3.8) is 0 Å². The molecule has 0 aliphatic heterocycles. The quantitative estimate of drug-likeness (QED) is 0.295.